The van der Waals surface area contributed by atoms with Crippen LogP contribution in [0.3, 0.4) is 0 Å². The van der Waals surface area contributed by atoms with Crippen molar-refractivity contribution in [3.63, 3.8) is 0 Å². The number of hydrogen-bond acceptors (Lipinski definition) is 2. The van der Waals surface area contributed by atoms with Gasteiger partial charge in [-0.05, 0) is 28.8 Å². The van der Waals surface area contributed by atoms with Gasteiger partial charge in [0.15, 0.2) is 0 Å². The summed E-state index contributed by atoms with van der Waals surface area (Å²) < 4.78 is 38.7. The van der Waals surface area contributed by atoms with Crippen LogP contribution >= 0.6 is 0 Å². The highest BCUT2D eigenvalue weighted by molar-refractivity contribution is 5.81. The Morgan fingerprint density at radius 2 is 1.50 bits per heavy atom. The second kappa shape index (κ2) is 7.87. The zero-order chi connectivity index (χ0) is 18.4. The molecule has 3 aromatic carbocycles. The lowest BCUT2D eigenvalue weighted by atomic mass is 10.0. The predicted octanol–water partition coefficient (Wildman–Crippen LogP) is 5.80. The predicted molar refractivity (Wildman–Crippen MR) is 94.6 cm³/mol. The molecule has 0 atom stereocenters. The minimum Gasteiger partial charge on any atom is -0.390 e. The van der Waals surface area contributed by atoms with E-state index in [-0.39, 0.29) is 12.2 Å². The van der Waals surface area contributed by atoms with Crippen molar-refractivity contribution in [1.29, 1.82) is 0 Å². The normalized spacial score (nSPS) is 11.7. The zero-order valence-corrected chi connectivity index (χ0v) is 13.7. The summed E-state index contributed by atoms with van der Waals surface area (Å²) in [4.78, 5) is 5.13. The maximum atomic E-state index is 12.9. The molecular weight excluding hydrogens is 339 g/mol. The zero-order valence-electron chi connectivity index (χ0n) is 13.7. The molecule has 5 heteroatoms. The number of alkyl halides is 3. The van der Waals surface area contributed by atoms with Crippen LogP contribution in [0.25, 0.3) is 11.1 Å². The molecule has 0 aromatic heterocycles. The molecular formula is C21H15F3NO. The molecule has 131 valence electrons. The molecule has 0 saturated heterocycles. The number of benzene rings is 3. The van der Waals surface area contributed by atoms with Crippen LogP contribution < -0.4 is 0 Å². The fraction of sp³-hybridized carbons (Fsp3) is 0.0952. The van der Waals surface area contributed by atoms with Crippen LogP contribution in [0.15, 0.2) is 84.0 Å². The van der Waals surface area contributed by atoms with Gasteiger partial charge in [0.2, 0.25) is 0 Å². The summed E-state index contributed by atoms with van der Waals surface area (Å²) >= 11 is 0. The summed E-state index contributed by atoms with van der Waals surface area (Å²) in [6.45, 7) is 0.141. The van der Waals surface area contributed by atoms with E-state index < -0.39 is 11.7 Å². The summed E-state index contributed by atoms with van der Waals surface area (Å²) in [7, 11) is 0. The molecule has 0 aliphatic heterocycles. The lowest BCUT2D eigenvalue weighted by Crippen LogP contribution is -2.08. The van der Waals surface area contributed by atoms with E-state index >= 15 is 0 Å². The first-order valence-corrected chi connectivity index (χ1v) is 7.92. The smallest absolute Gasteiger partial charge is 0.390 e. The highest BCUT2D eigenvalue weighted by Crippen LogP contribution is 2.31. The van der Waals surface area contributed by atoms with Crippen LogP contribution in [-0.2, 0) is 17.6 Å². The Balaban J connectivity index is 1.67. The van der Waals surface area contributed by atoms with E-state index in [9.17, 15) is 13.2 Å². The quantitative estimate of drug-likeness (QED) is 0.419. The van der Waals surface area contributed by atoms with E-state index in [0.717, 1.165) is 22.8 Å². The van der Waals surface area contributed by atoms with Gasteiger partial charge >= 0.3 is 6.18 Å². The Bertz CT molecular complexity index is 889. The van der Waals surface area contributed by atoms with Crippen LogP contribution in [0.2, 0.25) is 0 Å². The standard InChI is InChI=1S/C21H15F3NO/c22-21(23,24)20-12-5-4-10-19(20)14-25-26-15-16-7-6-11-18(13-16)17-8-2-1-3-9-17/h1-13H,15H2. The van der Waals surface area contributed by atoms with E-state index in [1.165, 1.54) is 18.2 Å². The van der Waals surface area contributed by atoms with Gasteiger partial charge in [0.1, 0.15) is 12.8 Å². The summed E-state index contributed by atoms with van der Waals surface area (Å²) in [5.74, 6) is 0. The third-order valence-electron chi connectivity index (χ3n) is 3.73. The van der Waals surface area contributed by atoms with Gasteiger partial charge in [-0.15, -0.1) is 0 Å². The highest BCUT2D eigenvalue weighted by atomic mass is 19.4. The fourth-order valence-electron chi connectivity index (χ4n) is 2.49. The molecule has 0 spiro atoms. The van der Waals surface area contributed by atoms with Crippen molar-refractivity contribution in [1.82, 2.24) is 0 Å². The fourth-order valence-corrected chi connectivity index (χ4v) is 2.49. The molecule has 26 heavy (non-hydrogen) atoms. The first-order valence-electron chi connectivity index (χ1n) is 7.92. The summed E-state index contributed by atoms with van der Waals surface area (Å²) in [6.07, 6.45) is -2.14. The summed E-state index contributed by atoms with van der Waals surface area (Å²) in [6, 6.07) is 22.7. The third-order valence-corrected chi connectivity index (χ3v) is 3.73. The Morgan fingerprint density at radius 3 is 2.27 bits per heavy atom. The van der Waals surface area contributed by atoms with Gasteiger partial charge in [-0.25, -0.2) is 0 Å². The lowest BCUT2D eigenvalue weighted by Gasteiger charge is -2.08. The topological polar surface area (TPSA) is 21.6 Å². The van der Waals surface area contributed by atoms with Gasteiger partial charge < -0.3 is 4.84 Å². The lowest BCUT2D eigenvalue weighted by molar-refractivity contribution is -0.137. The molecule has 0 aliphatic rings. The van der Waals surface area contributed by atoms with Gasteiger partial charge in [-0.2, -0.15) is 13.2 Å². The minimum atomic E-state index is -4.46. The number of rotatable bonds is 5. The molecule has 0 saturated carbocycles. The molecule has 0 fully saturated rings. The monoisotopic (exact) mass is 354 g/mol. The Labute approximate surface area is 149 Å². The van der Waals surface area contributed by atoms with E-state index in [1.807, 2.05) is 54.6 Å². The van der Waals surface area contributed by atoms with Crippen LogP contribution in [0.4, 0.5) is 13.2 Å². The Kier molecular flexibility index (Phi) is 5.37. The minimum absolute atomic E-state index is 0.141. The van der Waals surface area contributed by atoms with Crippen molar-refractivity contribution in [2.75, 3.05) is 0 Å². The average Bonchev–Trinajstić information content (AvgIpc) is 2.66. The maximum Gasteiger partial charge on any atom is 0.417 e. The number of hydrogen-bond donors (Lipinski definition) is 0. The van der Waals surface area contributed by atoms with Crippen molar-refractivity contribution < 1.29 is 18.0 Å². The van der Waals surface area contributed by atoms with E-state index in [1.54, 1.807) is 0 Å². The van der Waals surface area contributed by atoms with Gasteiger partial charge in [-0.1, -0.05) is 71.9 Å². The van der Waals surface area contributed by atoms with E-state index in [0.29, 0.717) is 0 Å². The van der Waals surface area contributed by atoms with Crippen LogP contribution in [0, 0.1) is 0 Å². The van der Waals surface area contributed by atoms with Gasteiger partial charge in [0.25, 0.3) is 0 Å². The molecule has 0 N–H and O–H groups in total. The molecule has 3 aromatic rings. The second-order valence-corrected chi connectivity index (χ2v) is 5.59. The molecule has 3 rings (SSSR count). The van der Waals surface area contributed by atoms with Gasteiger partial charge in [0, 0.05) is 5.56 Å². The third kappa shape index (κ3) is 4.51. The molecule has 1 radical (unpaired) electrons. The molecule has 2 nitrogen and oxygen atoms in total. The van der Waals surface area contributed by atoms with Crippen LogP contribution in [0.1, 0.15) is 16.7 Å². The highest BCUT2D eigenvalue weighted by Gasteiger charge is 2.32. The average molecular weight is 354 g/mol. The van der Waals surface area contributed by atoms with Crippen molar-refractivity contribution in [3.05, 3.63) is 95.6 Å². The largest absolute Gasteiger partial charge is 0.417 e. The van der Waals surface area contributed by atoms with Crippen LogP contribution in [0.5, 0.6) is 0 Å². The maximum absolute atomic E-state index is 12.9. The van der Waals surface area contributed by atoms with Crippen LogP contribution in [-0.4, -0.2) is 6.21 Å². The molecule has 0 unspecified atom stereocenters. The van der Waals surface area contributed by atoms with Crippen molar-refractivity contribution in [2.24, 2.45) is 5.16 Å². The first-order chi connectivity index (χ1) is 12.5. The van der Waals surface area contributed by atoms with Crippen molar-refractivity contribution in [3.8, 4) is 11.1 Å². The Morgan fingerprint density at radius 1 is 0.808 bits per heavy atom. The second-order valence-electron chi connectivity index (χ2n) is 5.59. The molecule has 0 heterocycles. The van der Waals surface area contributed by atoms with Crippen molar-refractivity contribution >= 4 is 6.21 Å². The summed E-state index contributed by atoms with van der Waals surface area (Å²) in [5, 5.41) is 3.56. The van der Waals surface area contributed by atoms with Gasteiger partial charge in [-0.3, -0.25) is 0 Å². The molecule has 0 aliphatic carbocycles. The number of halogens is 3. The van der Waals surface area contributed by atoms with Crippen molar-refractivity contribution in [2.45, 2.75) is 12.8 Å². The Hall–Kier alpha value is -3.08. The molecule has 0 amide bonds. The first kappa shape index (κ1) is 17.7. The molecule has 0 bridgehead atoms. The number of nitrogens with zero attached hydrogens (tertiary/aromatic N) is 1. The van der Waals surface area contributed by atoms with E-state index in [2.05, 4.69) is 11.4 Å². The van der Waals surface area contributed by atoms with E-state index in [4.69, 9.17) is 4.84 Å². The SMILES string of the molecule is FC(F)(F)c1ccccc1/[C]=N\OCc1cccc(-c2ccccc2)c1. The van der Waals surface area contributed by atoms with Gasteiger partial charge in [0.05, 0.1) is 5.56 Å². The summed E-state index contributed by atoms with van der Waals surface area (Å²) in [5.41, 5.74) is 2.02.